The third kappa shape index (κ3) is 2.47. The molecule has 1 aromatic heterocycles. The quantitative estimate of drug-likeness (QED) is 0.727. The number of imidazole rings is 1. The molecule has 8 heteroatoms. The first-order valence-corrected chi connectivity index (χ1v) is 9.43. The van der Waals surface area contributed by atoms with E-state index < -0.39 is 11.9 Å². The molecule has 2 aromatic rings. The number of amides is 2. The van der Waals surface area contributed by atoms with E-state index in [0.717, 1.165) is 49.3 Å². The smallest absolute Gasteiger partial charge is 0.315 e. The number of carbonyl (C=O) groups is 2. The number of aryl methyl sites for hydroxylation is 1. The molecular formula is C19H23N5O3. The Morgan fingerprint density at radius 2 is 1.96 bits per heavy atom. The molecule has 0 aliphatic carbocycles. The summed E-state index contributed by atoms with van der Waals surface area (Å²) in [5.41, 5.74) is 2.98. The standard InChI is InChI=1S/C19H23N5O3/c1-22-16-12(7-23-10-19(11-23)8-20-9-19)3-2-4-13(16)24(18(22)27)14-5-6-15(25)21-17(14)26/h2-4,14,20H,5-11H2,1H3,(H,21,25,26). The zero-order chi connectivity index (χ0) is 18.8. The minimum absolute atomic E-state index is 0.213. The largest absolute Gasteiger partial charge is 0.329 e. The number of hydrogen-bond donors (Lipinski definition) is 2. The third-order valence-corrected chi connectivity index (χ3v) is 6.22. The number of benzene rings is 1. The first-order valence-electron chi connectivity index (χ1n) is 9.43. The second kappa shape index (κ2) is 5.77. The lowest BCUT2D eigenvalue weighted by Crippen LogP contribution is -2.70. The Hall–Kier alpha value is -2.45. The van der Waals surface area contributed by atoms with Crippen LogP contribution in [0.4, 0.5) is 0 Å². The van der Waals surface area contributed by atoms with Crippen LogP contribution in [0.1, 0.15) is 24.4 Å². The van der Waals surface area contributed by atoms with Crippen molar-refractivity contribution < 1.29 is 9.59 Å². The monoisotopic (exact) mass is 369 g/mol. The number of para-hydroxylation sites is 1. The topological polar surface area (TPSA) is 88.4 Å². The molecule has 0 bridgehead atoms. The Morgan fingerprint density at radius 3 is 2.63 bits per heavy atom. The van der Waals surface area contributed by atoms with Crippen LogP contribution < -0.4 is 16.3 Å². The molecule has 27 heavy (non-hydrogen) atoms. The van der Waals surface area contributed by atoms with E-state index in [1.165, 1.54) is 0 Å². The van der Waals surface area contributed by atoms with E-state index in [0.29, 0.717) is 11.8 Å². The van der Waals surface area contributed by atoms with Crippen molar-refractivity contribution in [3.05, 3.63) is 34.2 Å². The SMILES string of the molecule is Cn1c(=O)n(C2CCC(=O)NC2=O)c2cccc(CN3CC4(CNC4)C3)c21. The van der Waals surface area contributed by atoms with Gasteiger partial charge in [-0.25, -0.2) is 4.79 Å². The molecule has 8 nitrogen and oxygen atoms in total. The minimum atomic E-state index is -0.637. The van der Waals surface area contributed by atoms with Gasteiger partial charge in [-0.2, -0.15) is 0 Å². The maximum absolute atomic E-state index is 12.9. The van der Waals surface area contributed by atoms with Crippen LogP contribution in [0, 0.1) is 5.41 Å². The molecule has 1 spiro atoms. The summed E-state index contributed by atoms with van der Waals surface area (Å²) >= 11 is 0. The molecule has 5 rings (SSSR count). The molecule has 1 unspecified atom stereocenters. The fraction of sp³-hybridized carbons (Fsp3) is 0.526. The molecule has 2 N–H and O–H groups in total. The van der Waals surface area contributed by atoms with Gasteiger partial charge in [-0.15, -0.1) is 0 Å². The van der Waals surface area contributed by atoms with E-state index in [1.807, 2.05) is 12.1 Å². The molecule has 1 atom stereocenters. The highest BCUT2D eigenvalue weighted by atomic mass is 16.2. The van der Waals surface area contributed by atoms with Crippen molar-refractivity contribution in [1.82, 2.24) is 24.7 Å². The molecule has 4 heterocycles. The predicted octanol–water partition coefficient (Wildman–Crippen LogP) is -0.277. The molecule has 3 fully saturated rings. The average molecular weight is 369 g/mol. The molecule has 1 aromatic carbocycles. The van der Waals surface area contributed by atoms with Gasteiger partial charge in [0, 0.05) is 51.6 Å². The van der Waals surface area contributed by atoms with Crippen LogP contribution in [-0.4, -0.2) is 52.0 Å². The van der Waals surface area contributed by atoms with E-state index in [2.05, 4.69) is 21.6 Å². The van der Waals surface area contributed by atoms with E-state index in [-0.39, 0.29) is 18.0 Å². The third-order valence-electron chi connectivity index (χ3n) is 6.22. The fourth-order valence-electron chi connectivity index (χ4n) is 4.83. The van der Waals surface area contributed by atoms with Crippen LogP contribution >= 0.6 is 0 Å². The highest BCUT2D eigenvalue weighted by Crippen LogP contribution is 2.35. The van der Waals surface area contributed by atoms with Crippen molar-refractivity contribution in [3.8, 4) is 0 Å². The van der Waals surface area contributed by atoms with E-state index in [4.69, 9.17) is 0 Å². The van der Waals surface area contributed by atoms with Crippen LogP contribution in [-0.2, 0) is 23.2 Å². The second-order valence-electron chi connectivity index (χ2n) is 8.21. The second-order valence-corrected chi connectivity index (χ2v) is 8.21. The van der Waals surface area contributed by atoms with Gasteiger partial charge in [0.15, 0.2) is 0 Å². The maximum atomic E-state index is 12.9. The Morgan fingerprint density at radius 1 is 1.19 bits per heavy atom. The Balaban J connectivity index is 1.51. The lowest BCUT2D eigenvalue weighted by molar-refractivity contribution is -0.135. The first kappa shape index (κ1) is 16.7. The van der Waals surface area contributed by atoms with Crippen LogP contribution in [0.2, 0.25) is 0 Å². The molecule has 3 aliphatic heterocycles. The zero-order valence-electron chi connectivity index (χ0n) is 15.3. The zero-order valence-corrected chi connectivity index (χ0v) is 15.3. The number of imide groups is 1. The summed E-state index contributed by atoms with van der Waals surface area (Å²) in [5.74, 6) is -0.671. The van der Waals surface area contributed by atoms with Gasteiger partial charge in [-0.3, -0.25) is 28.9 Å². The van der Waals surface area contributed by atoms with Gasteiger partial charge in [0.2, 0.25) is 11.8 Å². The van der Waals surface area contributed by atoms with Crippen LogP contribution in [0.5, 0.6) is 0 Å². The normalized spacial score (nSPS) is 24.7. The van der Waals surface area contributed by atoms with Gasteiger partial charge in [0.1, 0.15) is 6.04 Å². The minimum Gasteiger partial charge on any atom is -0.315 e. The molecule has 142 valence electrons. The van der Waals surface area contributed by atoms with Gasteiger partial charge in [0.25, 0.3) is 0 Å². The van der Waals surface area contributed by atoms with E-state index >= 15 is 0 Å². The number of nitrogens with zero attached hydrogens (tertiary/aromatic N) is 3. The highest BCUT2D eigenvalue weighted by Gasteiger charge is 2.47. The number of likely N-dealkylation sites (tertiary alicyclic amines) is 1. The number of aromatic nitrogens is 2. The van der Waals surface area contributed by atoms with Crippen molar-refractivity contribution in [2.75, 3.05) is 26.2 Å². The van der Waals surface area contributed by atoms with Gasteiger partial charge in [-0.05, 0) is 18.1 Å². The van der Waals surface area contributed by atoms with Crippen LogP contribution in [0.25, 0.3) is 11.0 Å². The van der Waals surface area contributed by atoms with Crippen LogP contribution in [0.3, 0.4) is 0 Å². The molecular weight excluding hydrogens is 346 g/mol. The van der Waals surface area contributed by atoms with Gasteiger partial charge >= 0.3 is 5.69 Å². The maximum Gasteiger partial charge on any atom is 0.329 e. The predicted molar refractivity (Wildman–Crippen MR) is 99.2 cm³/mol. The Labute approximate surface area is 156 Å². The van der Waals surface area contributed by atoms with Crippen molar-refractivity contribution in [2.24, 2.45) is 12.5 Å². The fourth-order valence-corrected chi connectivity index (χ4v) is 4.83. The molecule has 3 saturated heterocycles. The molecule has 0 radical (unpaired) electrons. The van der Waals surface area contributed by atoms with Crippen molar-refractivity contribution in [2.45, 2.75) is 25.4 Å². The Kier molecular flexibility index (Phi) is 3.57. The van der Waals surface area contributed by atoms with E-state index in [1.54, 1.807) is 16.2 Å². The molecule has 3 aliphatic rings. The van der Waals surface area contributed by atoms with Crippen molar-refractivity contribution in [3.63, 3.8) is 0 Å². The summed E-state index contributed by atoms with van der Waals surface area (Å²) in [6.45, 7) is 5.15. The Bertz CT molecular complexity index is 1010. The summed E-state index contributed by atoms with van der Waals surface area (Å²) < 4.78 is 3.18. The van der Waals surface area contributed by atoms with Gasteiger partial charge < -0.3 is 5.32 Å². The number of carbonyl (C=O) groups excluding carboxylic acids is 2. The van der Waals surface area contributed by atoms with Gasteiger partial charge in [0.05, 0.1) is 11.0 Å². The molecule has 2 amide bonds. The van der Waals surface area contributed by atoms with Crippen molar-refractivity contribution >= 4 is 22.8 Å². The summed E-state index contributed by atoms with van der Waals surface area (Å²) in [6.07, 6.45) is 0.610. The van der Waals surface area contributed by atoms with E-state index in [9.17, 15) is 14.4 Å². The summed E-state index contributed by atoms with van der Waals surface area (Å²) in [6, 6.07) is 5.25. The summed E-state index contributed by atoms with van der Waals surface area (Å²) in [7, 11) is 1.75. The number of nitrogens with one attached hydrogen (secondary N) is 2. The lowest BCUT2D eigenvalue weighted by Gasteiger charge is -2.56. The summed E-state index contributed by atoms with van der Waals surface area (Å²) in [5, 5.41) is 5.70. The van der Waals surface area contributed by atoms with Gasteiger partial charge in [-0.1, -0.05) is 12.1 Å². The average Bonchev–Trinajstić information content (AvgIpc) is 2.81. The highest BCUT2D eigenvalue weighted by molar-refractivity contribution is 6.00. The number of hydrogen-bond acceptors (Lipinski definition) is 5. The number of fused-ring (bicyclic) bond motifs is 1. The lowest BCUT2D eigenvalue weighted by atomic mass is 9.74. The molecule has 0 saturated carbocycles. The first-order chi connectivity index (χ1) is 13.0. The number of rotatable bonds is 3. The van der Waals surface area contributed by atoms with Crippen LogP contribution in [0.15, 0.2) is 23.0 Å². The van der Waals surface area contributed by atoms with Crippen molar-refractivity contribution in [1.29, 1.82) is 0 Å². The summed E-state index contributed by atoms with van der Waals surface area (Å²) in [4.78, 5) is 39.1. The number of piperidine rings is 1.